The molecule has 0 unspecified atom stereocenters. The SMILES string of the molecule is CCOc1cc2ncnc(Nc3cccc(Br)c3)c2cc1C. The summed E-state index contributed by atoms with van der Waals surface area (Å²) in [6.07, 6.45) is 1.56. The van der Waals surface area contributed by atoms with Gasteiger partial charge in [-0.15, -0.1) is 0 Å². The molecule has 0 radical (unpaired) electrons. The van der Waals surface area contributed by atoms with E-state index in [9.17, 15) is 0 Å². The molecule has 0 spiro atoms. The van der Waals surface area contributed by atoms with Crippen molar-refractivity contribution in [3.8, 4) is 5.75 Å². The summed E-state index contributed by atoms with van der Waals surface area (Å²) in [5.41, 5.74) is 2.91. The molecule has 1 heterocycles. The maximum Gasteiger partial charge on any atom is 0.141 e. The summed E-state index contributed by atoms with van der Waals surface area (Å²) in [5.74, 6) is 1.65. The number of benzene rings is 2. The minimum absolute atomic E-state index is 0.639. The second-order valence-corrected chi connectivity index (χ2v) is 5.84. The lowest BCUT2D eigenvalue weighted by molar-refractivity contribution is 0.338. The standard InChI is InChI=1S/C17H16BrN3O/c1-3-22-16-9-15-14(7-11(16)2)17(20-10-19-15)21-13-6-4-5-12(18)8-13/h4-10H,3H2,1-2H3,(H,19,20,21). The Labute approximate surface area is 137 Å². The maximum atomic E-state index is 5.63. The Morgan fingerprint density at radius 1 is 1.18 bits per heavy atom. The van der Waals surface area contributed by atoms with Crippen LogP contribution in [0.25, 0.3) is 10.9 Å². The molecule has 0 saturated carbocycles. The van der Waals surface area contributed by atoms with Crippen molar-refractivity contribution in [3.63, 3.8) is 0 Å². The number of hydrogen-bond acceptors (Lipinski definition) is 4. The van der Waals surface area contributed by atoms with Gasteiger partial charge in [-0.1, -0.05) is 22.0 Å². The largest absolute Gasteiger partial charge is 0.494 e. The van der Waals surface area contributed by atoms with E-state index in [0.29, 0.717) is 6.61 Å². The van der Waals surface area contributed by atoms with Gasteiger partial charge in [0.15, 0.2) is 0 Å². The van der Waals surface area contributed by atoms with E-state index >= 15 is 0 Å². The molecule has 2 aromatic carbocycles. The third-order valence-corrected chi connectivity index (χ3v) is 3.81. The lowest BCUT2D eigenvalue weighted by Crippen LogP contribution is -1.98. The van der Waals surface area contributed by atoms with E-state index in [4.69, 9.17) is 4.74 Å². The number of ether oxygens (including phenoxy) is 1. The topological polar surface area (TPSA) is 47.0 Å². The fourth-order valence-electron chi connectivity index (χ4n) is 2.31. The van der Waals surface area contributed by atoms with E-state index in [1.54, 1.807) is 6.33 Å². The highest BCUT2D eigenvalue weighted by molar-refractivity contribution is 9.10. The molecular formula is C17H16BrN3O. The summed E-state index contributed by atoms with van der Waals surface area (Å²) in [6, 6.07) is 12.0. The Hall–Kier alpha value is -2.14. The molecule has 0 fully saturated rings. The number of rotatable bonds is 4. The van der Waals surface area contributed by atoms with Gasteiger partial charge in [0.1, 0.15) is 17.9 Å². The van der Waals surface area contributed by atoms with Crippen LogP contribution in [0.4, 0.5) is 11.5 Å². The minimum atomic E-state index is 0.639. The number of hydrogen-bond donors (Lipinski definition) is 1. The molecule has 1 aromatic heterocycles. The number of aryl methyl sites for hydroxylation is 1. The van der Waals surface area contributed by atoms with Gasteiger partial charge in [0.2, 0.25) is 0 Å². The third-order valence-electron chi connectivity index (χ3n) is 3.32. The number of anilines is 2. The predicted octanol–water partition coefficient (Wildman–Crippen LogP) is 4.84. The van der Waals surface area contributed by atoms with E-state index in [0.717, 1.165) is 38.2 Å². The highest BCUT2D eigenvalue weighted by Gasteiger charge is 2.08. The Balaban J connectivity index is 2.04. The first-order chi connectivity index (χ1) is 10.7. The van der Waals surface area contributed by atoms with Crippen LogP contribution in [0.2, 0.25) is 0 Å². The van der Waals surface area contributed by atoms with Crippen LogP contribution in [0.1, 0.15) is 12.5 Å². The Kier molecular flexibility index (Phi) is 4.24. The van der Waals surface area contributed by atoms with Gasteiger partial charge < -0.3 is 10.1 Å². The summed E-state index contributed by atoms with van der Waals surface area (Å²) in [5, 5.41) is 4.32. The molecule has 0 atom stereocenters. The molecule has 0 aliphatic heterocycles. The van der Waals surface area contributed by atoms with Crippen LogP contribution in [0.3, 0.4) is 0 Å². The van der Waals surface area contributed by atoms with Crippen molar-refractivity contribution in [2.24, 2.45) is 0 Å². The zero-order valence-corrected chi connectivity index (χ0v) is 14.0. The van der Waals surface area contributed by atoms with Crippen LogP contribution in [-0.2, 0) is 0 Å². The second kappa shape index (κ2) is 6.32. The fraction of sp³-hybridized carbons (Fsp3) is 0.176. The van der Waals surface area contributed by atoms with Gasteiger partial charge in [-0.3, -0.25) is 0 Å². The lowest BCUT2D eigenvalue weighted by Gasteiger charge is -2.12. The molecule has 112 valence electrons. The number of nitrogens with zero attached hydrogens (tertiary/aromatic N) is 2. The van der Waals surface area contributed by atoms with Crippen LogP contribution >= 0.6 is 15.9 Å². The molecule has 0 aliphatic carbocycles. The van der Waals surface area contributed by atoms with Gasteiger partial charge >= 0.3 is 0 Å². The van der Waals surface area contributed by atoms with Crippen molar-refractivity contribution >= 4 is 38.3 Å². The molecule has 4 nitrogen and oxygen atoms in total. The predicted molar refractivity (Wildman–Crippen MR) is 92.9 cm³/mol. The summed E-state index contributed by atoms with van der Waals surface area (Å²) >= 11 is 3.47. The van der Waals surface area contributed by atoms with Crippen molar-refractivity contribution in [1.82, 2.24) is 9.97 Å². The average molecular weight is 358 g/mol. The lowest BCUT2D eigenvalue weighted by atomic mass is 10.1. The maximum absolute atomic E-state index is 5.63. The number of halogens is 1. The van der Waals surface area contributed by atoms with Crippen molar-refractivity contribution in [2.75, 3.05) is 11.9 Å². The summed E-state index contributed by atoms with van der Waals surface area (Å²) < 4.78 is 6.65. The van der Waals surface area contributed by atoms with Gasteiger partial charge in [-0.2, -0.15) is 0 Å². The van der Waals surface area contributed by atoms with Crippen LogP contribution in [0.15, 0.2) is 47.2 Å². The van der Waals surface area contributed by atoms with E-state index in [1.807, 2.05) is 44.2 Å². The molecular weight excluding hydrogens is 342 g/mol. The zero-order chi connectivity index (χ0) is 15.5. The van der Waals surface area contributed by atoms with Crippen molar-refractivity contribution < 1.29 is 4.74 Å². The Morgan fingerprint density at radius 3 is 2.82 bits per heavy atom. The molecule has 3 aromatic rings. The highest BCUT2D eigenvalue weighted by Crippen LogP contribution is 2.29. The van der Waals surface area contributed by atoms with Gasteiger partial charge in [0.05, 0.1) is 12.1 Å². The smallest absolute Gasteiger partial charge is 0.141 e. The quantitative estimate of drug-likeness (QED) is 0.725. The fourth-order valence-corrected chi connectivity index (χ4v) is 2.70. The normalized spacial score (nSPS) is 10.7. The molecule has 0 saturated heterocycles. The Bertz CT molecular complexity index is 820. The molecule has 0 bridgehead atoms. The van der Waals surface area contributed by atoms with Gasteiger partial charge in [0.25, 0.3) is 0 Å². The first-order valence-electron chi connectivity index (χ1n) is 7.08. The van der Waals surface area contributed by atoms with Crippen LogP contribution in [0.5, 0.6) is 5.75 Å². The molecule has 22 heavy (non-hydrogen) atoms. The minimum Gasteiger partial charge on any atom is -0.494 e. The van der Waals surface area contributed by atoms with E-state index in [1.165, 1.54) is 0 Å². The average Bonchev–Trinajstić information content (AvgIpc) is 2.49. The Morgan fingerprint density at radius 2 is 2.05 bits per heavy atom. The molecule has 5 heteroatoms. The highest BCUT2D eigenvalue weighted by atomic mass is 79.9. The molecule has 1 N–H and O–H groups in total. The zero-order valence-electron chi connectivity index (χ0n) is 12.4. The number of nitrogens with one attached hydrogen (secondary N) is 1. The van der Waals surface area contributed by atoms with Crippen molar-refractivity contribution in [3.05, 3.63) is 52.8 Å². The first-order valence-corrected chi connectivity index (χ1v) is 7.87. The van der Waals surface area contributed by atoms with Gasteiger partial charge in [0, 0.05) is 21.6 Å². The van der Waals surface area contributed by atoms with E-state index < -0.39 is 0 Å². The summed E-state index contributed by atoms with van der Waals surface area (Å²) in [7, 11) is 0. The van der Waals surface area contributed by atoms with Crippen molar-refractivity contribution in [2.45, 2.75) is 13.8 Å². The van der Waals surface area contributed by atoms with E-state index in [-0.39, 0.29) is 0 Å². The van der Waals surface area contributed by atoms with Crippen LogP contribution in [0, 0.1) is 6.92 Å². The summed E-state index contributed by atoms with van der Waals surface area (Å²) in [4.78, 5) is 8.71. The monoisotopic (exact) mass is 357 g/mol. The van der Waals surface area contributed by atoms with E-state index in [2.05, 4.69) is 37.3 Å². The molecule has 0 aliphatic rings. The summed E-state index contributed by atoms with van der Waals surface area (Å²) in [6.45, 7) is 4.64. The molecule has 3 rings (SSSR count). The van der Waals surface area contributed by atoms with Gasteiger partial charge in [-0.25, -0.2) is 9.97 Å². The number of fused-ring (bicyclic) bond motifs is 1. The van der Waals surface area contributed by atoms with Crippen molar-refractivity contribution in [1.29, 1.82) is 0 Å². The first kappa shape index (κ1) is 14.8. The second-order valence-electron chi connectivity index (χ2n) is 4.93. The molecule has 0 amide bonds. The number of aromatic nitrogens is 2. The van der Waals surface area contributed by atoms with Crippen LogP contribution in [-0.4, -0.2) is 16.6 Å². The third kappa shape index (κ3) is 3.04. The van der Waals surface area contributed by atoms with Crippen LogP contribution < -0.4 is 10.1 Å². The van der Waals surface area contributed by atoms with Gasteiger partial charge in [-0.05, 0) is 43.7 Å².